The molecule has 0 fully saturated rings. The Hall–Kier alpha value is -11.5. The molecule has 9 amide bonds. The lowest BCUT2D eigenvalue weighted by molar-refractivity contribution is -0.166. The van der Waals surface area contributed by atoms with Crippen LogP contribution >= 0.6 is 0 Å². The van der Waals surface area contributed by atoms with Crippen LogP contribution in [0.3, 0.4) is 0 Å². The predicted octanol–water partition coefficient (Wildman–Crippen LogP) is 6.99. The van der Waals surface area contributed by atoms with Crippen LogP contribution in [-0.2, 0) is 87.4 Å². The van der Waals surface area contributed by atoms with Gasteiger partial charge in [-0.15, -0.1) is 0 Å². The molecule has 6 atom stereocenters. The summed E-state index contributed by atoms with van der Waals surface area (Å²) in [5.74, 6) is -6.98. The molecule has 0 spiro atoms. The minimum atomic E-state index is -1.17. The maximum absolute atomic E-state index is 14.4. The van der Waals surface area contributed by atoms with Crippen LogP contribution in [0.5, 0.6) is 0 Å². The van der Waals surface area contributed by atoms with Crippen LogP contribution in [0.1, 0.15) is 143 Å². The van der Waals surface area contributed by atoms with E-state index in [4.69, 9.17) is 30.3 Å². The average molecular weight is 1400 g/mol. The molecule has 6 aliphatic rings. The first-order chi connectivity index (χ1) is 48.0. The number of nitriles is 3. The molecule has 3 aromatic heterocycles. The van der Waals surface area contributed by atoms with Gasteiger partial charge in [0.15, 0.2) is 47.3 Å². The summed E-state index contributed by atoms with van der Waals surface area (Å²) in [4.78, 5) is 136. The third kappa shape index (κ3) is 14.3. The van der Waals surface area contributed by atoms with Crippen molar-refractivity contribution in [3.05, 3.63) is 139 Å². The lowest BCUT2D eigenvalue weighted by Gasteiger charge is -2.33. The Morgan fingerprint density at radius 1 is 0.485 bits per heavy atom. The van der Waals surface area contributed by atoms with Crippen LogP contribution in [0.25, 0.3) is 0 Å². The van der Waals surface area contributed by atoms with Crippen molar-refractivity contribution in [2.24, 2.45) is 0 Å². The number of hydrogen-bond donors (Lipinski definition) is 3. The number of fused-ring (bicyclic) bond motifs is 9. The summed E-state index contributed by atoms with van der Waals surface area (Å²) in [5, 5.41) is 51.0. The summed E-state index contributed by atoms with van der Waals surface area (Å²) in [6.45, 7) is 10.9. The van der Waals surface area contributed by atoms with E-state index in [9.17, 15) is 65.1 Å². The molecule has 101 heavy (non-hydrogen) atoms. The number of aromatic nitrogens is 6. The van der Waals surface area contributed by atoms with Crippen molar-refractivity contribution in [1.29, 1.82) is 15.8 Å². The second-order valence-corrected chi connectivity index (χ2v) is 24.4. The lowest BCUT2D eigenvalue weighted by Crippen LogP contribution is -2.45. The lowest BCUT2D eigenvalue weighted by atomic mass is 9.99. The predicted molar refractivity (Wildman–Crippen MR) is 340 cm³/mol. The largest absolute Gasteiger partial charge is 0.322 e. The SMILES string of the molecule is CCC(=O)C1Cn2nc3c(c2C(=O)N(C)O1)CN(C(=O)Nc1ccc(F)c(C#N)c1)[C@H](C)C3.CCC(=O)C1Cn2nc3c(c2C(=O)N(C)O1)CN(C(=O)Nc1ccc(F)c(C#N)c1F)[C@H](C)C3.CCC(=O)[C@@H]1Cn2nc3c(c2C(=O)N(C)O1)CN(C(=O)Nc1ccc(F)c(C#N)c1F)[C@H](C)C3. The quantitative estimate of drug-likeness (QED) is 0.123. The Morgan fingerprint density at radius 3 is 1.11 bits per heavy atom. The van der Waals surface area contributed by atoms with E-state index < -0.39 is 94.3 Å². The van der Waals surface area contributed by atoms with Crippen molar-refractivity contribution in [1.82, 2.24) is 59.2 Å². The van der Waals surface area contributed by atoms with Crippen LogP contribution in [0.4, 0.5) is 53.4 Å². The molecule has 6 aliphatic heterocycles. The topological polar surface area (TPSA) is 362 Å². The number of amides is 9. The molecular formula is C66H67F5N18O12. The van der Waals surface area contributed by atoms with Gasteiger partial charge in [-0.25, -0.2) is 51.5 Å². The van der Waals surface area contributed by atoms with Crippen molar-refractivity contribution in [2.45, 2.75) is 156 Å². The smallest absolute Gasteiger partial charge is 0.317 e. The first kappa shape index (κ1) is 72.3. The third-order valence-electron chi connectivity index (χ3n) is 17.9. The van der Waals surface area contributed by atoms with E-state index in [0.717, 1.165) is 45.5 Å². The highest BCUT2D eigenvalue weighted by Gasteiger charge is 2.43. The van der Waals surface area contributed by atoms with E-state index in [1.165, 1.54) is 69.3 Å². The molecule has 3 N–H and O–H groups in total. The minimum Gasteiger partial charge on any atom is -0.317 e. The third-order valence-corrected chi connectivity index (χ3v) is 17.9. The molecule has 6 aromatic rings. The number of urea groups is 3. The molecule has 9 heterocycles. The van der Waals surface area contributed by atoms with E-state index in [1.807, 2.05) is 6.92 Å². The number of anilines is 3. The Bertz CT molecular complexity index is 4360. The van der Waals surface area contributed by atoms with Crippen molar-refractivity contribution >= 4 is 70.2 Å². The van der Waals surface area contributed by atoms with E-state index in [0.29, 0.717) is 53.0 Å². The molecule has 30 nitrogen and oxygen atoms in total. The van der Waals surface area contributed by atoms with Crippen molar-refractivity contribution in [2.75, 3.05) is 37.1 Å². The molecule has 528 valence electrons. The second-order valence-electron chi connectivity index (χ2n) is 24.4. The van der Waals surface area contributed by atoms with Gasteiger partial charge in [0.1, 0.15) is 63.9 Å². The van der Waals surface area contributed by atoms with Gasteiger partial charge in [-0.3, -0.25) is 57.3 Å². The summed E-state index contributed by atoms with van der Waals surface area (Å²) in [5.41, 5.74) is 2.15. The number of halogens is 5. The van der Waals surface area contributed by atoms with Crippen molar-refractivity contribution < 1.29 is 79.6 Å². The van der Waals surface area contributed by atoms with E-state index in [2.05, 4.69) is 31.2 Å². The summed E-state index contributed by atoms with van der Waals surface area (Å²) in [7, 11) is 4.27. The van der Waals surface area contributed by atoms with Gasteiger partial charge in [0, 0.05) is 100 Å². The van der Waals surface area contributed by atoms with Gasteiger partial charge < -0.3 is 30.7 Å². The van der Waals surface area contributed by atoms with Crippen molar-refractivity contribution in [3.8, 4) is 18.2 Å². The van der Waals surface area contributed by atoms with Gasteiger partial charge >= 0.3 is 18.1 Å². The molecule has 2 unspecified atom stereocenters. The van der Waals surface area contributed by atoms with Crippen LogP contribution in [-0.4, -0.2) is 170 Å². The number of rotatable bonds is 9. The van der Waals surface area contributed by atoms with Crippen LogP contribution in [0.2, 0.25) is 0 Å². The zero-order valence-corrected chi connectivity index (χ0v) is 56.0. The number of ketones is 3. The fourth-order valence-corrected chi connectivity index (χ4v) is 12.4. The maximum Gasteiger partial charge on any atom is 0.322 e. The molecule has 12 rings (SSSR count). The Labute approximate surface area is 573 Å². The average Bonchev–Trinajstić information content (AvgIpc) is 1.52. The van der Waals surface area contributed by atoms with Crippen LogP contribution in [0, 0.1) is 63.1 Å². The fraction of sp³-hybridized carbons (Fsp3) is 0.409. The number of benzene rings is 3. The van der Waals surface area contributed by atoms with Gasteiger partial charge in [0.05, 0.1) is 73.3 Å². The normalized spacial score (nSPS) is 19.8. The molecule has 0 saturated carbocycles. The maximum atomic E-state index is 14.4. The molecule has 0 bridgehead atoms. The number of nitrogens with zero attached hydrogens (tertiary/aromatic N) is 15. The van der Waals surface area contributed by atoms with E-state index in [1.54, 1.807) is 45.6 Å². The Morgan fingerprint density at radius 2 is 0.802 bits per heavy atom. The number of nitrogens with one attached hydrogen (secondary N) is 3. The number of hydroxylamine groups is 6. The minimum absolute atomic E-state index is 0.00242. The Kier molecular flexibility index (Phi) is 21.1. The Balaban J connectivity index is 0.000000163. The zero-order valence-electron chi connectivity index (χ0n) is 56.0. The van der Waals surface area contributed by atoms with Gasteiger partial charge in [0.2, 0.25) is 0 Å². The van der Waals surface area contributed by atoms with Crippen LogP contribution < -0.4 is 16.0 Å². The molecule has 0 aliphatic carbocycles. The number of hydrogen-bond acceptors (Lipinski definition) is 18. The van der Waals surface area contributed by atoms with Gasteiger partial charge in [-0.1, -0.05) is 20.8 Å². The number of Topliss-reactive ketones (excluding diaryl/α,β-unsaturated/α-hetero) is 3. The summed E-state index contributed by atoms with van der Waals surface area (Å²) in [6.07, 6.45) is -0.752. The zero-order chi connectivity index (χ0) is 73.3. The monoisotopic (exact) mass is 1400 g/mol. The second kappa shape index (κ2) is 29.5. The molecule has 35 heteroatoms. The highest BCUT2D eigenvalue weighted by Crippen LogP contribution is 2.35. The van der Waals surface area contributed by atoms with Gasteiger partial charge in [0.25, 0.3) is 17.7 Å². The van der Waals surface area contributed by atoms with E-state index in [-0.39, 0.29) is 134 Å². The number of carbonyl (C=O) groups is 9. The molecular weight excluding hydrogens is 1330 g/mol. The summed E-state index contributed by atoms with van der Waals surface area (Å²) < 4.78 is 74.1. The highest BCUT2D eigenvalue weighted by atomic mass is 19.1. The summed E-state index contributed by atoms with van der Waals surface area (Å²) in [6, 6.07) is 9.48. The van der Waals surface area contributed by atoms with Gasteiger partial charge in [-0.05, 0) is 63.2 Å². The molecule has 0 saturated heterocycles. The van der Waals surface area contributed by atoms with Crippen LogP contribution in [0.15, 0.2) is 42.5 Å². The first-order valence-corrected chi connectivity index (χ1v) is 31.9. The number of carbonyl (C=O) groups excluding carboxylic acids is 9. The first-order valence-electron chi connectivity index (χ1n) is 31.9. The molecule has 3 aromatic carbocycles. The molecule has 0 radical (unpaired) electrons. The standard InChI is InChI=1S/2C22H22F2N6O4.C22H23FN6O4/c2*1-4-17(31)18-10-30-20(21(32)28(3)34-18)13-9-29(11(2)7-16(13)27-30)22(33)26-15-6-5-14(23)12(8-25)19(15)24;1-4-18(30)19-11-29-20(21(31)27(3)33-19)15-10-28(12(2)7-17(15)26-29)22(32)25-14-5-6-16(23)13(8-14)9-24/h2*5-6,11,18H,4,7,9-10H2,1-3H3,(H,26,33);5-6,8,12,19H,4,7,10-11H2,1-3H3,(H,25,32)/t11-,18?;11-,18+;12-,19?/m111/s1. The van der Waals surface area contributed by atoms with Gasteiger partial charge in [-0.2, -0.15) is 31.1 Å². The van der Waals surface area contributed by atoms with Crippen molar-refractivity contribution in [3.63, 3.8) is 0 Å². The highest BCUT2D eigenvalue weighted by molar-refractivity contribution is 5.98. The summed E-state index contributed by atoms with van der Waals surface area (Å²) >= 11 is 0. The fourth-order valence-electron chi connectivity index (χ4n) is 12.4. The van der Waals surface area contributed by atoms with E-state index >= 15 is 0 Å².